The number of hydrogen-bond donors (Lipinski definition) is 2. The molecular weight excluding hydrogens is 395 g/mol. The number of nitrogens with one attached hydrogen (secondary N) is 2. The van der Waals surface area contributed by atoms with E-state index < -0.39 is 21.8 Å². The van der Waals surface area contributed by atoms with Crippen LogP contribution in [-0.2, 0) is 16.2 Å². The standard InChI is InChI=1S/C10H7BrF3N3O2S2/c11-7-2-4-9(20-7)21(18,19)17-16-8-3-1-6(5-15-8)10(12,13)14/h1-5,17H,(H,15,16). The van der Waals surface area contributed by atoms with Crippen molar-refractivity contribution < 1.29 is 21.6 Å². The largest absolute Gasteiger partial charge is 0.417 e. The summed E-state index contributed by atoms with van der Waals surface area (Å²) >= 11 is 4.13. The van der Waals surface area contributed by atoms with Gasteiger partial charge in [-0.3, -0.25) is 5.43 Å². The molecule has 2 aromatic heterocycles. The Morgan fingerprint density at radius 3 is 2.38 bits per heavy atom. The Balaban J connectivity index is 2.06. The minimum Gasteiger partial charge on any atom is -0.292 e. The van der Waals surface area contributed by atoms with Crippen LogP contribution in [0, 0.1) is 0 Å². The SMILES string of the molecule is O=S(=O)(NNc1ccc(C(F)(F)F)cn1)c1ccc(Br)s1. The molecule has 2 N–H and O–H groups in total. The summed E-state index contributed by atoms with van der Waals surface area (Å²) in [5, 5.41) is 0. The first-order chi connectivity index (χ1) is 9.68. The number of aromatic nitrogens is 1. The van der Waals surface area contributed by atoms with E-state index in [1.807, 2.05) is 4.83 Å². The maximum Gasteiger partial charge on any atom is 0.417 e. The van der Waals surface area contributed by atoms with E-state index in [9.17, 15) is 21.6 Å². The molecule has 0 unspecified atom stereocenters. The fraction of sp³-hybridized carbons (Fsp3) is 0.100. The first-order valence-corrected chi connectivity index (χ1v) is 8.34. The molecule has 0 aromatic carbocycles. The van der Waals surface area contributed by atoms with Crippen LogP contribution in [0.2, 0.25) is 0 Å². The molecule has 0 aliphatic heterocycles. The summed E-state index contributed by atoms with van der Waals surface area (Å²) in [4.78, 5) is 5.51. The van der Waals surface area contributed by atoms with E-state index in [2.05, 4.69) is 26.3 Å². The first-order valence-electron chi connectivity index (χ1n) is 5.25. The second-order valence-electron chi connectivity index (χ2n) is 3.72. The molecule has 5 nitrogen and oxygen atoms in total. The number of sulfonamides is 1. The minimum atomic E-state index is -4.49. The maximum atomic E-state index is 12.3. The summed E-state index contributed by atoms with van der Waals surface area (Å²) in [5.41, 5.74) is 1.33. The Kier molecular flexibility index (Phi) is 4.56. The molecule has 2 heterocycles. The Bertz CT molecular complexity index is 729. The van der Waals surface area contributed by atoms with Crippen LogP contribution in [0.1, 0.15) is 5.56 Å². The lowest BCUT2D eigenvalue weighted by atomic mass is 10.3. The van der Waals surface area contributed by atoms with Crippen molar-refractivity contribution in [1.29, 1.82) is 0 Å². The van der Waals surface area contributed by atoms with Crippen LogP contribution >= 0.6 is 27.3 Å². The molecule has 0 spiro atoms. The van der Waals surface area contributed by atoms with Gasteiger partial charge in [0.05, 0.1) is 9.35 Å². The van der Waals surface area contributed by atoms with Gasteiger partial charge in [0.2, 0.25) is 0 Å². The molecule has 0 amide bonds. The zero-order chi connectivity index (χ0) is 15.7. The highest BCUT2D eigenvalue weighted by molar-refractivity contribution is 9.11. The van der Waals surface area contributed by atoms with Gasteiger partial charge in [-0.15, -0.1) is 16.2 Å². The van der Waals surface area contributed by atoms with Crippen LogP contribution in [0.15, 0.2) is 38.5 Å². The van der Waals surface area contributed by atoms with Crippen molar-refractivity contribution in [2.45, 2.75) is 10.4 Å². The molecule has 11 heteroatoms. The van der Waals surface area contributed by atoms with E-state index in [1.165, 1.54) is 6.07 Å². The number of alkyl halides is 3. The van der Waals surface area contributed by atoms with E-state index in [0.29, 0.717) is 9.98 Å². The van der Waals surface area contributed by atoms with E-state index in [4.69, 9.17) is 0 Å². The van der Waals surface area contributed by atoms with Crippen molar-refractivity contribution in [3.8, 4) is 0 Å². The van der Waals surface area contributed by atoms with Crippen LogP contribution in [0.25, 0.3) is 0 Å². The molecule has 0 radical (unpaired) electrons. The third-order valence-electron chi connectivity index (χ3n) is 2.22. The summed E-state index contributed by atoms with van der Waals surface area (Å²) in [5.74, 6) is -0.0535. The lowest BCUT2D eigenvalue weighted by Crippen LogP contribution is -2.29. The molecule has 2 aromatic rings. The zero-order valence-corrected chi connectivity index (χ0v) is 13.2. The van der Waals surface area contributed by atoms with Crippen LogP contribution in [0.5, 0.6) is 0 Å². The third-order valence-corrected chi connectivity index (χ3v) is 5.58. The summed E-state index contributed by atoms with van der Waals surface area (Å²) in [6.07, 6.45) is -3.88. The molecule has 21 heavy (non-hydrogen) atoms. The van der Waals surface area contributed by atoms with Gasteiger partial charge in [0.25, 0.3) is 10.0 Å². The first kappa shape index (κ1) is 16.2. The quantitative estimate of drug-likeness (QED) is 0.771. The van der Waals surface area contributed by atoms with E-state index in [-0.39, 0.29) is 10.0 Å². The van der Waals surface area contributed by atoms with Crippen molar-refractivity contribution in [3.63, 3.8) is 0 Å². The Morgan fingerprint density at radius 2 is 1.90 bits per heavy atom. The summed E-state index contributed by atoms with van der Waals surface area (Å²) in [7, 11) is -3.81. The molecule has 114 valence electrons. The molecule has 0 saturated carbocycles. The summed E-state index contributed by atoms with van der Waals surface area (Å²) < 4.78 is 61.4. The monoisotopic (exact) mass is 401 g/mol. The number of pyridine rings is 1. The van der Waals surface area contributed by atoms with Gasteiger partial charge in [-0.05, 0) is 40.2 Å². The van der Waals surface area contributed by atoms with Crippen LogP contribution in [0.3, 0.4) is 0 Å². The maximum absolute atomic E-state index is 12.3. The fourth-order valence-electron chi connectivity index (χ4n) is 1.25. The number of halogens is 4. The van der Waals surface area contributed by atoms with Gasteiger partial charge in [0.1, 0.15) is 10.0 Å². The lowest BCUT2D eigenvalue weighted by molar-refractivity contribution is -0.137. The van der Waals surface area contributed by atoms with Gasteiger partial charge < -0.3 is 0 Å². The van der Waals surface area contributed by atoms with Crippen molar-refractivity contribution in [2.75, 3.05) is 5.43 Å². The number of anilines is 1. The zero-order valence-electron chi connectivity index (χ0n) is 9.98. The van der Waals surface area contributed by atoms with E-state index in [1.54, 1.807) is 6.07 Å². The second kappa shape index (κ2) is 5.91. The normalized spacial score (nSPS) is 12.4. The molecular formula is C10H7BrF3N3O2S2. The number of hydrogen-bond acceptors (Lipinski definition) is 5. The number of thiophene rings is 1. The third kappa shape index (κ3) is 4.15. The highest BCUT2D eigenvalue weighted by Crippen LogP contribution is 2.29. The average molecular weight is 402 g/mol. The van der Waals surface area contributed by atoms with E-state index in [0.717, 1.165) is 23.5 Å². The van der Waals surface area contributed by atoms with Crippen molar-refractivity contribution in [3.05, 3.63) is 39.8 Å². The number of nitrogens with zero attached hydrogens (tertiary/aromatic N) is 1. The molecule has 0 saturated heterocycles. The van der Waals surface area contributed by atoms with Crippen molar-refractivity contribution in [2.24, 2.45) is 0 Å². The van der Waals surface area contributed by atoms with E-state index >= 15 is 0 Å². The van der Waals surface area contributed by atoms with Gasteiger partial charge in [-0.25, -0.2) is 13.4 Å². The molecule has 2 rings (SSSR count). The Hall–Kier alpha value is -1.17. The average Bonchev–Trinajstić information content (AvgIpc) is 2.83. The smallest absolute Gasteiger partial charge is 0.292 e. The highest BCUT2D eigenvalue weighted by Gasteiger charge is 2.30. The van der Waals surface area contributed by atoms with Crippen molar-refractivity contribution >= 4 is 43.1 Å². The van der Waals surface area contributed by atoms with Gasteiger partial charge in [0, 0.05) is 6.20 Å². The number of hydrazine groups is 1. The van der Waals surface area contributed by atoms with Crippen molar-refractivity contribution in [1.82, 2.24) is 9.82 Å². The summed E-state index contributed by atoms with van der Waals surface area (Å²) in [6, 6.07) is 4.77. The molecule has 0 aliphatic rings. The molecule has 0 aliphatic carbocycles. The summed E-state index contributed by atoms with van der Waals surface area (Å²) in [6.45, 7) is 0. The van der Waals surface area contributed by atoms with Crippen LogP contribution < -0.4 is 10.3 Å². The topological polar surface area (TPSA) is 71.1 Å². The van der Waals surface area contributed by atoms with Gasteiger partial charge in [-0.2, -0.15) is 13.2 Å². The van der Waals surface area contributed by atoms with Gasteiger partial charge in [-0.1, -0.05) is 0 Å². The second-order valence-corrected chi connectivity index (χ2v) is 8.09. The fourth-order valence-corrected chi connectivity index (χ4v) is 4.11. The van der Waals surface area contributed by atoms with Gasteiger partial charge in [0.15, 0.2) is 0 Å². The molecule has 0 fully saturated rings. The predicted molar refractivity (Wildman–Crippen MR) is 75.2 cm³/mol. The number of rotatable bonds is 4. The Morgan fingerprint density at radius 1 is 1.19 bits per heavy atom. The van der Waals surface area contributed by atoms with Gasteiger partial charge >= 0.3 is 6.18 Å². The van der Waals surface area contributed by atoms with Crippen LogP contribution in [0.4, 0.5) is 19.0 Å². The molecule has 0 bridgehead atoms. The van der Waals surface area contributed by atoms with Crippen LogP contribution in [-0.4, -0.2) is 13.4 Å². The highest BCUT2D eigenvalue weighted by atomic mass is 79.9. The predicted octanol–water partition coefficient (Wildman–Crippen LogP) is 3.23. The lowest BCUT2D eigenvalue weighted by Gasteiger charge is -2.09. The minimum absolute atomic E-state index is 0.0498. The molecule has 0 atom stereocenters. The Labute approximate surface area is 130 Å².